The van der Waals surface area contributed by atoms with Crippen LogP contribution >= 0.6 is 0 Å². The van der Waals surface area contributed by atoms with Crippen LogP contribution in [0, 0.1) is 0 Å². The number of para-hydroxylation sites is 2. The van der Waals surface area contributed by atoms with Gasteiger partial charge in [-0.05, 0) is 184 Å². The van der Waals surface area contributed by atoms with Crippen LogP contribution in [0.1, 0.15) is 101 Å². The fraction of sp³-hybridized carbons (Fsp3) is 0.276. The van der Waals surface area contributed by atoms with Crippen molar-refractivity contribution in [3.05, 3.63) is 192 Å². The van der Waals surface area contributed by atoms with Gasteiger partial charge >= 0.3 is 0 Å². The zero-order valence-corrected chi connectivity index (χ0v) is 35.7. The zero-order chi connectivity index (χ0) is 40.7. The molecule has 6 aliphatic carbocycles. The maximum atomic E-state index is 2.53. The van der Waals surface area contributed by atoms with E-state index >= 15 is 0 Å². The molecular formula is C58H56N2. The Kier molecular flexibility index (Phi) is 8.58. The summed E-state index contributed by atoms with van der Waals surface area (Å²) in [6.07, 6.45) is 10.4. The lowest BCUT2D eigenvalue weighted by Gasteiger charge is -2.52. The van der Waals surface area contributed by atoms with Gasteiger partial charge in [0.05, 0.1) is 0 Å². The van der Waals surface area contributed by atoms with Gasteiger partial charge < -0.3 is 9.80 Å². The molecule has 0 aromatic heterocycles. The number of rotatable bonds is 8. The van der Waals surface area contributed by atoms with E-state index < -0.39 is 0 Å². The van der Waals surface area contributed by atoms with Crippen molar-refractivity contribution in [3.8, 4) is 22.3 Å². The van der Waals surface area contributed by atoms with Gasteiger partial charge in [0.25, 0.3) is 0 Å². The second kappa shape index (κ2) is 13.8. The molecular weight excluding hydrogens is 725 g/mol. The van der Waals surface area contributed by atoms with E-state index in [1.54, 1.807) is 22.3 Å². The van der Waals surface area contributed by atoms with Gasteiger partial charge in [0.1, 0.15) is 0 Å². The Balaban J connectivity index is 0.993. The molecule has 298 valence electrons. The topological polar surface area (TPSA) is 6.48 Å². The minimum absolute atomic E-state index is 0.276. The van der Waals surface area contributed by atoms with Crippen LogP contribution in [0.2, 0.25) is 0 Å². The molecule has 0 spiro atoms. The first-order valence-corrected chi connectivity index (χ1v) is 22.4. The van der Waals surface area contributed by atoms with E-state index in [4.69, 9.17) is 0 Å². The fourth-order valence-corrected chi connectivity index (χ4v) is 11.8. The predicted octanol–water partition coefficient (Wildman–Crippen LogP) is 16.2. The van der Waals surface area contributed by atoms with Crippen molar-refractivity contribution in [1.29, 1.82) is 0 Å². The van der Waals surface area contributed by atoms with Crippen LogP contribution < -0.4 is 9.80 Å². The average molecular weight is 781 g/mol. The highest BCUT2D eigenvalue weighted by atomic mass is 15.2. The molecule has 2 fully saturated rings. The van der Waals surface area contributed by atoms with Crippen LogP contribution in [0.25, 0.3) is 22.3 Å². The van der Waals surface area contributed by atoms with E-state index in [1.165, 1.54) is 73.6 Å². The van der Waals surface area contributed by atoms with E-state index in [1.807, 2.05) is 0 Å². The monoisotopic (exact) mass is 780 g/mol. The van der Waals surface area contributed by atoms with Crippen molar-refractivity contribution < 1.29 is 0 Å². The Hall–Kier alpha value is -5.86. The molecule has 2 saturated carbocycles. The summed E-state index contributed by atoms with van der Waals surface area (Å²) in [5, 5.41) is 0. The summed E-state index contributed by atoms with van der Waals surface area (Å²) in [6.45, 7) is 9.98. The third kappa shape index (κ3) is 6.05. The number of fused-ring (bicyclic) bond motifs is 4. The quantitative estimate of drug-likeness (QED) is 0.152. The van der Waals surface area contributed by atoms with Gasteiger partial charge in [-0.2, -0.15) is 0 Å². The highest BCUT2D eigenvalue weighted by molar-refractivity contribution is 5.85. The molecule has 4 bridgehead atoms. The summed E-state index contributed by atoms with van der Waals surface area (Å²) in [6, 6.07) is 63.8. The van der Waals surface area contributed by atoms with Crippen molar-refractivity contribution in [2.45, 2.75) is 101 Å². The molecule has 7 aromatic carbocycles. The molecule has 13 rings (SSSR count). The van der Waals surface area contributed by atoms with Crippen molar-refractivity contribution >= 4 is 34.1 Å². The Morgan fingerprint density at radius 1 is 0.267 bits per heavy atom. The summed E-state index contributed by atoms with van der Waals surface area (Å²) in [5.41, 5.74) is 19.4. The summed E-state index contributed by atoms with van der Waals surface area (Å²) in [7, 11) is 0. The fourth-order valence-electron chi connectivity index (χ4n) is 11.8. The van der Waals surface area contributed by atoms with E-state index in [0.717, 1.165) is 34.1 Å². The number of anilines is 6. The molecule has 6 aliphatic rings. The third-order valence-corrected chi connectivity index (χ3v) is 15.8. The lowest BCUT2D eigenvalue weighted by atomic mass is 9.52. The number of nitrogens with zero attached hydrogens (tertiary/aromatic N) is 2. The molecule has 0 N–H and O–H groups in total. The second-order valence-electron chi connectivity index (χ2n) is 19.7. The summed E-state index contributed by atoms with van der Waals surface area (Å²) in [5.74, 6) is 0. The Morgan fingerprint density at radius 3 is 0.950 bits per heavy atom. The maximum absolute atomic E-state index is 2.53. The Bertz CT molecular complexity index is 2540. The summed E-state index contributed by atoms with van der Waals surface area (Å²) >= 11 is 0. The first kappa shape index (κ1) is 37.2. The third-order valence-electron chi connectivity index (χ3n) is 15.8. The predicted molar refractivity (Wildman–Crippen MR) is 253 cm³/mol. The zero-order valence-electron chi connectivity index (χ0n) is 35.7. The summed E-state index contributed by atoms with van der Waals surface area (Å²) in [4.78, 5) is 4.83. The van der Waals surface area contributed by atoms with Gasteiger partial charge in [-0.1, -0.05) is 131 Å². The number of hydrogen-bond donors (Lipinski definition) is 0. The van der Waals surface area contributed by atoms with Gasteiger partial charge in [0.2, 0.25) is 0 Å². The van der Waals surface area contributed by atoms with Crippen LogP contribution in [0.5, 0.6) is 0 Å². The Morgan fingerprint density at radius 2 is 0.567 bits per heavy atom. The van der Waals surface area contributed by atoms with Crippen LogP contribution in [0.15, 0.2) is 170 Å². The smallest absolute Gasteiger partial charge is 0.0482 e. The first-order valence-electron chi connectivity index (χ1n) is 22.4. The molecule has 2 heteroatoms. The van der Waals surface area contributed by atoms with Crippen LogP contribution in [0.3, 0.4) is 0 Å². The average Bonchev–Trinajstić information content (AvgIpc) is 3.29. The highest BCUT2D eigenvalue weighted by Crippen LogP contribution is 2.58. The van der Waals surface area contributed by atoms with Crippen LogP contribution in [-0.2, 0) is 21.7 Å². The molecule has 0 heterocycles. The molecule has 0 saturated heterocycles. The molecule has 7 aromatic rings. The highest BCUT2D eigenvalue weighted by Gasteiger charge is 2.48. The van der Waals surface area contributed by atoms with Crippen molar-refractivity contribution in [3.63, 3.8) is 0 Å². The van der Waals surface area contributed by atoms with E-state index in [9.17, 15) is 0 Å². The van der Waals surface area contributed by atoms with Gasteiger partial charge in [0.15, 0.2) is 0 Å². The molecule has 0 atom stereocenters. The molecule has 0 unspecified atom stereocenters. The minimum atomic E-state index is 0.276. The van der Waals surface area contributed by atoms with Gasteiger partial charge in [-0.25, -0.2) is 0 Å². The molecule has 0 aliphatic heterocycles. The number of hydrogen-bond acceptors (Lipinski definition) is 2. The SMILES string of the molecule is CC12CCC(C)(CC1)c1cc(-c3cccc(N(c4ccccc4)c4cccc(N(c5ccccc5)c5cccc(-c6ccc7c(c6)C6(C)CCC7(C)CC6)c5)c4)c3)ccc12. The van der Waals surface area contributed by atoms with Gasteiger partial charge in [-0.15, -0.1) is 0 Å². The van der Waals surface area contributed by atoms with Gasteiger partial charge in [0, 0.05) is 34.1 Å². The van der Waals surface area contributed by atoms with Crippen LogP contribution in [0.4, 0.5) is 34.1 Å². The van der Waals surface area contributed by atoms with E-state index in [2.05, 4.69) is 207 Å². The molecule has 2 nitrogen and oxygen atoms in total. The largest absolute Gasteiger partial charge is 0.310 e. The molecule has 0 amide bonds. The first-order chi connectivity index (χ1) is 29.1. The second-order valence-corrected chi connectivity index (χ2v) is 19.7. The van der Waals surface area contributed by atoms with Crippen molar-refractivity contribution in [1.82, 2.24) is 0 Å². The standard InChI is InChI=1S/C58H56N2/c1-55-28-32-57(3,33-29-55)53-38-43(24-26-51(53)55)41-14-11-20-47(36-41)59(45-16-7-5-8-17-45)49-22-13-23-50(40-49)60(46-18-9-6-10-19-46)48-21-12-15-42(37-48)44-25-27-52-54(39-44)58(4)34-30-56(52,2)31-35-58/h5-27,36-40H,28-35H2,1-4H3. The summed E-state index contributed by atoms with van der Waals surface area (Å²) < 4.78 is 0. The molecule has 0 radical (unpaired) electrons. The number of benzene rings is 7. The maximum Gasteiger partial charge on any atom is 0.0482 e. The van der Waals surface area contributed by atoms with Crippen molar-refractivity contribution in [2.75, 3.05) is 9.80 Å². The van der Waals surface area contributed by atoms with E-state index in [0.29, 0.717) is 10.8 Å². The minimum Gasteiger partial charge on any atom is -0.310 e. The lowest BCUT2D eigenvalue weighted by Crippen LogP contribution is -2.44. The van der Waals surface area contributed by atoms with Crippen LogP contribution in [-0.4, -0.2) is 0 Å². The Labute approximate surface area is 357 Å². The van der Waals surface area contributed by atoms with Crippen molar-refractivity contribution in [2.24, 2.45) is 0 Å². The molecule has 60 heavy (non-hydrogen) atoms. The van der Waals surface area contributed by atoms with Gasteiger partial charge in [-0.3, -0.25) is 0 Å². The normalized spacial score (nSPS) is 24.7. The lowest BCUT2D eigenvalue weighted by molar-refractivity contribution is 0.188. The van der Waals surface area contributed by atoms with E-state index in [-0.39, 0.29) is 10.8 Å².